The van der Waals surface area contributed by atoms with Crippen LogP contribution in [0.2, 0.25) is 0 Å². The molecular formula is C17H12N4O4S2. The third kappa shape index (κ3) is 3.27. The van der Waals surface area contributed by atoms with E-state index in [0.717, 1.165) is 17.1 Å². The summed E-state index contributed by atoms with van der Waals surface area (Å²) in [5, 5.41) is 12.7. The molecule has 0 unspecified atom stereocenters. The highest BCUT2D eigenvalue weighted by Gasteiger charge is 2.19. The van der Waals surface area contributed by atoms with Crippen LogP contribution in [-0.2, 0) is 10.0 Å². The van der Waals surface area contributed by atoms with Crippen LogP contribution in [0.1, 0.15) is 0 Å². The van der Waals surface area contributed by atoms with Gasteiger partial charge in [-0.3, -0.25) is 19.2 Å². The molecule has 0 radical (unpaired) electrons. The monoisotopic (exact) mass is 400 g/mol. The Labute approximate surface area is 157 Å². The Bertz CT molecular complexity index is 1210. The number of nitrogens with zero attached hydrogens (tertiary/aromatic N) is 3. The third-order valence-electron chi connectivity index (χ3n) is 3.90. The third-order valence-corrected chi connectivity index (χ3v) is 6.05. The molecule has 1 N–H and O–H groups in total. The van der Waals surface area contributed by atoms with Crippen molar-refractivity contribution in [2.75, 3.05) is 4.72 Å². The number of hydrogen-bond acceptors (Lipinski definition) is 6. The van der Waals surface area contributed by atoms with Gasteiger partial charge in [0.1, 0.15) is 0 Å². The molecule has 27 heavy (non-hydrogen) atoms. The van der Waals surface area contributed by atoms with Crippen LogP contribution < -0.4 is 4.72 Å². The quantitative estimate of drug-likeness (QED) is 0.405. The second kappa shape index (κ2) is 6.49. The average Bonchev–Trinajstić information content (AvgIpc) is 3.24. The summed E-state index contributed by atoms with van der Waals surface area (Å²) in [7, 11) is -3.91. The van der Waals surface area contributed by atoms with Gasteiger partial charge in [0, 0.05) is 35.5 Å². The number of nitrogens with one attached hydrogen (secondary N) is 1. The molecule has 0 saturated heterocycles. The van der Waals surface area contributed by atoms with Gasteiger partial charge in [-0.2, -0.15) is 0 Å². The summed E-state index contributed by atoms with van der Waals surface area (Å²) in [6.07, 6.45) is 3.70. The van der Waals surface area contributed by atoms with Crippen molar-refractivity contribution in [3.63, 3.8) is 0 Å². The fourth-order valence-corrected chi connectivity index (χ4v) is 4.38. The first-order valence-corrected chi connectivity index (χ1v) is 10.1. The molecule has 2 heterocycles. The summed E-state index contributed by atoms with van der Waals surface area (Å²) < 4.78 is 29.8. The zero-order chi connectivity index (χ0) is 19.0. The summed E-state index contributed by atoms with van der Waals surface area (Å²) >= 11 is 1.48. The van der Waals surface area contributed by atoms with Crippen molar-refractivity contribution in [1.82, 2.24) is 9.38 Å². The largest absolute Gasteiger partial charge is 0.297 e. The SMILES string of the molecule is O=[N+]([O-])c1ccc(S(=O)(=O)Nc2ccccc2-c2cn3ccsc3n2)cc1. The maximum Gasteiger partial charge on any atom is 0.269 e. The lowest BCUT2D eigenvalue weighted by Crippen LogP contribution is -2.13. The number of non-ortho nitro benzene ring substituents is 1. The Hall–Kier alpha value is -3.24. The predicted octanol–water partition coefficient (Wildman–Crippen LogP) is 3.77. The maximum atomic E-state index is 12.7. The van der Waals surface area contributed by atoms with Gasteiger partial charge >= 0.3 is 0 Å². The standard InChI is InChI=1S/C17H12N4O4S2/c22-21(23)12-5-7-13(8-6-12)27(24,25)19-15-4-2-1-3-14(15)16-11-20-9-10-26-17(20)18-16/h1-11,19H. The average molecular weight is 400 g/mol. The highest BCUT2D eigenvalue weighted by atomic mass is 32.2. The molecule has 0 aliphatic carbocycles. The van der Waals surface area contributed by atoms with Gasteiger partial charge in [0.05, 0.1) is 21.2 Å². The van der Waals surface area contributed by atoms with Crippen LogP contribution >= 0.6 is 11.3 Å². The second-order valence-electron chi connectivity index (χ2n) is 5.62. The first-order valence-electron chi connectivity index (χ1n) is 7.73. The lowest BCUT2D eigenvalue weighted by molar-refractivity contribution is -0.384. The molecule has 0 amide bonds. The Morgan fingerprint density at radius 3 is 2.56 bits per heavy atom. The number of nitro groups is 1. The number of sulfonamides is 1. The molecule has 0 spiro atoms. The van der Waals surface area contributed by atoms with Crippen LogP contribution in [0.15, 0.2) is 71.2 Å². The Morgan fingerprint density at radius 2 is 1.85 bits per heavy atom. The van der Waals surface area contributed by atoms with Gasteiger partial charge in [-0.05, 0) is 18.2 Å². The Morgan fingerprint density at radius 1 is 1.11 bits per heavy atom. The molecule has 0 aliphatic heterocycles. The molecule has 2 aromatic carbocycles. The molecule has 2 aromatic heterocycles. The minimum absolute atomic E-state index is 0.0614. The van der Waals surface area contributed by atoms with Gasteiger partial charge in [-0.15, -0.1) is 11.3 Å². The molecule has 4 aromatic rings. The number of rotatable bonds is 5. The van der Waals surface area contributed by atoms with Gasteiger partial charge < -0.3 is 0 Å². The van der Waals surface area contributed by atoms with E-state index in [4.69, 9.17) is 0 Å². The van der Waals surface area contributed by atoms with E-state index in [1.54, 1.807) is 24.3 Å². The van der Waals surface area contributed by atoms with Crippen LogP contribution in [0.25, 0.3) is 16.2 Å². The van der Waals surface area contributed by atoms with Crippen molar-refractivity contribution in [3.05, 3.63) is 76.4 Å². The number of benzene rings is 2. The minimum Gasteiger partial charge on any atom is -0.297 e. The van der Waals surface area contributed by atoms with E-state index >= 15 is 0 Å². The van der Waals surface area contributed by atoms with Crippen molar-refractivity contribution in [3.8, 4) is 11.3 Å². The number of para-hydroxylation sites is 1. The molecule has 0 saturated carbocycles. The number of imidazole rings is 1. The number of fused-ring (bicyclic) bond motifs is 1. The predicted molar refractivity (Wildman–Crippen MR) is 102 cm³/mol. The van der Waals surface area contributed by atoms with Crippen molar-refractivity contribution in [1.29, 1.82) is 0 Å². The van der Waals surface area contributed by atoms with Gasteiger partial charge in [0.25, 0.3) is 15.7 Å². The maximum absolute atomic E-state index is 12.7. The zero-order valence-electron chi connectivity index (χ0n) is 13.6. The van der Waals surface area contributed by atoms with Crippen LogP contribution in [0.4, 0.5) is 11.4 Å². The van der Waals surface area contributed by atoms with Crippen molar-refractivity contribution in [2.24, 2.45) is 0 Å². The minimum atomic E-state index is -3.91. The summed E-state index contributed by atoms with van der Waals surface area (Å²) in [5.74, 6) is 0. The van der Waals surface area contributed by atoms with E-state index in [9.17, 15) is 18.5 Å². The highest BCUT2D eigenvalue weighted by Crippen LogP contribution is 2.30. The highest BCUT2D eigenvalue weighted by molar-refractivity contribution is 7.92. The fraction of sp³-hybridized carbons (Fsp3) is 0. The van der Waals surface area contributed by atoms with Gasteiger partial charge in [-0.1, -0.05) is 18.2 Å². The van der Waals surface area contributed by atoms with E-state index in [1.165, 1.54) is 23.5 Å². The fourth-order valence-electron chi connectivity index (χ4n) is 2.60. The molecule has 10 heteroatoms. The lowest BCUT2D eigenvalue weighted by Gasteiger charge is -2.11. The number of anilines is 1. The van der Waals surface area contributed by atoms with Crippen LogP contribution in [0.5, 0.6) is 0 Å². The molecule has 8 nitrogen and oxygen atoms in total. The molecule has 0 atom stereocenters. The number of aromatic nitrogens is 2. The van der Waals surface area contributed by atoms with Gasteiger partial charge in [0.2, 0.25) is 0 Å². The number of nitro benzene ring substituents is 1. The van der Waals surface area contributed by atoms with Crippen LogP contribution in [0, 0.1) is 10.1 Å². The summed E-state index contributed by atoms with van der Waals surface area (Å²) in [4.78, 5) is 15.4. The molecule has 0 fully saturated rings. The Kier molecular flexibility index (Phi) is 4.13. The number of thiazole rings is 1. The summed E-state index contributed by atoms with van der Waals surface area (Å²) in [6, 6.07) is 11.7. The number of hydrogen-bond donors (Lipinski definition) is 1. The molecule has 0 aliphatic rings. The van der Waals surface area contributed by atoms with E-state index in [2.05, 4.69) is 9.71 Å². The topological polar surface area (TPSA) is 107 Å². The van der Waals surface area contributed by atoms with Crippen molar-refractivity contribution >= 4 is 37.7 Å². The Balaban J connectivity index is 1.70. The van der Waals surface area contributed by atoms with Crippen LogP contribution in [-0.4, -0.2) is 22.7 Å². The molecular weight excluding hydrogens is 388 g/mol. The lowest BCUT2D eigenvalue weighted by atomic mass is 10.1. The van der Waals surface area contributed by atoms with E-state index < -0.39 is 14.9 Å². The van der Waals surface area contributed by atoms with E-state index in [-0.39, 0.29) is 10.6 Å². The summed E-state index contributed by atoms with van der Waals surface area (Å²) in [5.41, 5.74) is 1.48. The smallest absolute Gasteiger partial charge is 0.269 e. The first kappa shape index (κ1) is 17.2. The van der Waals surface area contributed by atoms with Gasteiger partial charge in [-0.25, -0.2) is 13.4 Å². The second-order valence-corrected chi connectivity index (χ2v) is 8.18. The molecule has 136 valence electrons. The van der Waals surface area contributed by atoms with Crippen molar-refractivity contribution in [2.45, 2.75) is 4.90 Å². The summed E-state index contributed by atoms with van der Waals surface area (Å²) in [6.45, 7) is 0. The van der Waals surface area contributed by atoms with Crippen molar-refractivity contribution < 1.29 is 13.3 Å². The normalized spacial score (nSPS) is 11.6. The van der Waals surface area contributed by atoms with Gasteiger partial charge in [0.15, 0.2) is 4.96 Å². The molecule has 0 bridgehead atoms. The van der Waals surface area contributed by atoms with Crippen LogP contribution in [0.3, 0.4) is 0 Å². The molecule has 4 rings (SSSR count). The first-order chi connectivity index (χ1) is 12.9. The zero-order valence-corrected chi connectivity index (χ0v) is 15.3. The van der Waals surface area contributed by atoms with E-state index in [1.807, 2.05) is 22.2 Å². The van der Waals surface area contributed by atoms with E-state index in [0.29, 0.717) is 16.9 Å².